The highest BCUT2D eigenvalue weighted by molar-refractivity contribution is 5.79. The second-order valence-corrected chi connectivity index (χ2v) is 8.19. The quantitative estimate of drug-likeness (QED) is 0.832. The molecule has 1 saturated heterocycles. The topological polar surface area (TPSA) is 76.4 Å². The molecule has 5 heteroatoms. The van der Waals surface area contributed by atoms with Gasteiger partial charge in [-0.1, -0.05) is 7.43 Å². The zero-order valence-electron chi connectivity index (χ0n) is 13.1. The number of aliphatic hydroxyl groups is 1. The van der Waals surface area contributed by atoms with Crippen LogP contribution in [0.4, 0.5) is 0 Å². The lowest BCUT2D eigenvalue weighted by atomic mass is 9.51. The Labute approximate surface area is 139 Å². The third-order valence-corrected chi connectivity index (χ3v) is 6.37. The maximum atomic E-state index is 12.4. The molecule has 1 amide bonds. The highest BCUT2D eigenvalue weighted by Gasteiger charge is 2.57. The maximum absolute atomic E-state index is 12.4. The van der Waals surface area contributed by atoms with E-state index >= 15 is 0 Å². The monoisotopic (exact) mass is 319 g/mol. The third kappa shape index (κ3) is 2.88. The number of nitrogens with one attached hydrogen (secondary N) is 1. The zero-order chi connectivity index (χ0) is 15.4. The smallest absolute Gasteiger partial charge is 0.237 e. The molecule has 4 bridgehead atoms. The Morgan fingerprint density at radius 3 is 2.61 bits per heavy atom. The first kappa shape index (κ1) is 16.7. The van der Waals surface area contributed by atoms with E-state index in [0.29, 0.717) is 24.9 Å². The SMILES string of the molecule is C.N#C[C@@H]1CCCN1C(=O)CNC12CC3CC(CC(O)(C3)C1)C2. The number of amides is 1. The predicted octanol–water partition coefficient (Wildman–Crippen LogP) is 1.81. The van der Waals surface area contributed by atoms with Gasteiger partial charge in [0.2, 0.25) is 5.91 Å². The van der Waals surface area contributed by atoms with Crippen LogP contribution in [0.15, 0.2) is 0 Å². The molecule has 2 unspecified atom stereocenters. The average Bonchev–Trinajstić information content (AvgIpc) is 2.90. The molecule has 4 saturated carbocycles. The largest absolute Gasteiger partial charge is 0.390 e. The second kappa shape index (κ2) is 5.75. The summed E-state index contributed by atoms with van der Waals surface area (Å²) in [6, 6.07) is 1.99. The molecule has 5 fully saturated rings. The Morgan fingerprint density at radius 1 is 1.30 bits per heavy atom. The van der Waals surface area contributed by atoms with Gasteiger partial charge in [0.1, 0.15) is 6.04 Å². The van der Waals surface area contributed by atoms with Crippen molar-refractivity contribution < 1.29 is 9.90 Å². The summed E-state index contributed by atoms with van der Waals surface area (Å²) in [4.78, 5) is 14.2. The zero-order valence-corrected chi connectivity index (χ0v) is 13.1. The lowest BCUT2D eigenvalue weighted by Gasteiger charge is -2.60. The van der Waals surface area contributed by atoms with Crippen LogP contribution in [0.5, 0.6) is 0 Å². The van der Waals surface area contributed by atoms with Crippen molar-refractivity contribution in [2.45, 2.75) is 76.0 Å². The molecule has 5 rings (SSSR count). The molecular weight excluding hydrogens is 290 g/mol. The van der Waals surface area contributed by atoms with Gasteiger partial charge in [-0.2, -0.15) is 5.26 Å². The molecule has 5 aliphatic rings. The molecule has 1 heterocycles. The minimum atomic E-state index is -0.497. The van der Waals surface area contributed by atoms with Gasteiger partial charge in [-0.3, -0.25) is 4.79 Å². The fraction of sp³-hybridized carbons (Fsp3) is 0.889. The highest BCUT2D eigenvalue weighted by Crippen LogP contribution is 2.57. The molecule has 3 atom stereocenters. The van der Waals surface area contributed by atoms with Crippen LogP contribution < -0.4 is 5.32 Å². The van der Waals surface area contributed by atoms with E-state index in [1.165, 1.54) is 6.42 Å². The summed E-state index contributed by atoms with van der Waals surface area (Å²) >= 11 is 0. The molecular formula is C18H29N3O2. The summed E-state index contributed by atoms with van der Waals surface area (Å²) in [6.07, 6.45) is 7.87. The van der Waals surface area contributed by atoms with Crippen molar-refractivity contribution in [3.05, 3.63) is 0 Å². The van der Waals surface area contributed by atoms with E-state index in [1.807, 2.05) is 0 Å². The Bertz CT molecular complexity index is 513. The van der Waals surface area contributed by atoms with E-state index < -0.39 is 5.60 Å². The first-order valence-electron chi connectivity index (χ1n) is 8.67. The molecule has 2 N–H and O–H groups in total. The molecule has 1 aliphatic heterocycles. The number of nitriles is 1. The van der Waals surface area contributed by atoms with Crippen LogP contribution >= 0.6 is 0 Å². The minimum absolute atomic E-state index is 0. The molecule has 23 heavy (non-hydrogen) atoms. The van der Waals surface area contributed by atoms with Crippen molar-refractivity contribution in [3.63, 3.8) is 0 Å². The van der Waals surface area contributed by atoms with Gasteiger partial charge in [0.15, 0.2) is 0 Å². The first-order chi connectivity index (χ1) is 10.5. The van der Waals surface area contributed by atoms with E-state index in [0.717, 1.165) is 44.9 Å². The van der Waals surface area contributed by atoms with Gasteiger partial charge in [0.25, 0.3) is 0 Å². The van der Waals surface area contributed by atoms with Gasteiger partial charge in [-0.25, -0.2) is 0 Å². The Kier molecular flexibility index (Phi) is 4.18. The molecule has 0 radical (unpaired) electrons. The van der Waals surface area contributed by atoms with Gasteiger partial charge in [-0.05, 0) is 63.2 Å². The number of nitrogens with zero attached hydrogens (tertiary/aromatic N) is 2. The summed E-state index contributed by atoms with van der Waals surface area (Å²) < 4.78 is 0. The van der Waals surface area contributed by atoms with E-state index in [2.05, 4.69) is 11.4 Å². The van der Waals surface area contributed by atoms with Crippen molar-refractivity contribution in [1.82, 2.24) is 10.2 Å². The van der Waals surface area contributed by atoms with Crippen LogP contribution in [0.2, 0.25) is 0 Å². The van der Waals surface area contributed by atoms with Crippen LogP contribution in [-0.4, -0.2) is 46.2 Å². The summed E-state index contributed by atoms with van der Waals surface area (Å²) in [5.41, 5.74) is -0.542. The van der Waals surface area contributed by atoms with Crippen molar-refractivity contribution in [1.29, 1.82) is 5.26 Å². The number of hydrogen-bond donors (Lipinski definition) is 2. The van der Waals surface area contributed by atoms with Gasteiger partial charge in [0.05, 0.1) is 18.2 Å². The highest BCUT2D eigenvalue weighted by atomic mass is 16.3. The normalized spacial score (nSPS) is 44.0. The number of rotatable bonds is 3. The average molecular weight is 319 g/mol. The number of carbonyl (C=O) groups is 1. The van der Waals surface area contributed by atoms with E-state index in [1.54, 1.807) is 4.90 Å². The Morgan fingerprint density at radius 2 is 2.00 bits per heavy atom. The summed E-state index contributed by atoms with van der Waals surface area (Å²) in [5.74, 6) is 1.28. The van der Waals surface area contributed by atoms with E-state index in [-0.39, 0.29) is 24.9 Å². The maximum Gasteiger partial charge on any atom is 0.237 e. The lowest BCUT2D eigenvalue weighted by molar-refractivity contribution is -0.147. The Hall–Kier alpha value is -1.12. The molecule has 0 aromatic heterocycles. The molecule has 0 spiro atoms. The standard InChI is InChI=1S/C17H25N3O2.CH4/c18-9-14-2-1-3-20(14)15(21)10-19-16-5-12-4-13(6-16)8-17(22,7-12)11-16;/h12-14,19,22H,1-8,10-11H2;1H4/t12?,13?,14-,16?,17?;/m0./s1. The van der Waals surface area contributed by atoms with Crippen molar-refractivity contribution >= 4 is 5.91 Å². The van der Waals surface area contributed by atoms with Crippen LogP contribution in [0.3, 0.4) is 0 Å². The van der Waals surface area contributed by atoms with Crippen molar-refractivity contribution in [2.24, 2.45) is 11.8 Å². The summed E-state index contributed by atoms with van der Waals surface area (Å²) in [7, 11) is 0. The Balaban J connectivity index is 0.00000156. The summed E-state index contributed by atoms with van der Waals surface area (Å²) in [5, 5.41) is 23.4. The van der Waals surface area contributed by atoms with Gasteiger partial charge in [0, 0.05) is 12.1 Å². The minimum Gasteiger partial charge on any atom is -0.390 e. The lowest BCUT2D eigenvalue weighted by Crippen LogP contribution is -2.65. The van der Waals surface area contributed by atoms with Gasteiger partial charge >= 0.3 is 0 Å². The van der Waals surface area contributed by atoms with Gasteiger partial charge in [-0.15, -0.1) is 0 Å². The number of hydrogen-bond acceptors (Lipinski definition) is 4. The van der Waals surface area contributed by atoms with Crippen molar-refractivity contribution in [2.75, 3.05) is 13.1 Å². The van der Waals surface area contributed by atoms with Crippen LogP contribution in [0.25, 0.3) is 0 Å². The van der Waals surface area contributed by atoms with Crippen molar-refractivity contribution in [3.8, 4) is 6.07 Å². The summed E-state index contributed by atoms with van der Waals surface area (Å²) in [6.45, 7) is 1.02. The van der Waals surface area contributed by atoms with E-state index in [4.69, 9.17) is 5.26 Å². The number of carbonyl (C=O) groups excluding carboxylic acids is 1. The molecule has 0 aromatic rings. The van der Waals surface area contributed by atoms with Crippen LogP contribution in [0, 0.1) is 23.2 Å². The number of likely N-dealkylation sites (tertiary alicyclic amines) is 1. The van der Waals surface area contributed by atoms with Crippen LogP contribution in [-0.2, 0) is 4.79 Å². The first-order valence-corrected chi connectivity index (χ1v) is 8.67. The fourth-order valence-corrected chi connectivity index (χ4v) is 5.99. The van der Waals surface area contributed by atoms with Gasteiger partial charge < -0.3 is 15.3 Å². The molecule has 4 aliphatic carbocycles. The fourth-order valence-electron chi connectivity index (χ4n) is 5.99. The second-order valence-electron chi connectivity index (χ2n) is 8.19. The molecule has 128 valence electrons. The van der Waals surface area contributed by atoms with E-state index in [9.17, 15) is 9.90 Å². The predicted molar refractivity (Wildman–Crippen MR) is 87.4 cm³/mol. The molecule has 5 nitrogen and oxygen atoms in total. The van der Waals surface area contributed by atoms with Crippen LogP contribution in [0.1, 0.15) is 58.8 Å². The molecule has 0 aromatic carbocycles. The third-order valence-electron chi connectivity index (χ3n) is 6.37.